The second-order valence-electron chi connectivity index (χ2n) is 5.54. The number of hydrogen-bond acceptors (Lipinski definition) is 12. The van der Waals surface area contributed by atoms with Gasteiger partial charge in [-0.25, -0.2) is 24.9 Å². The Morgan fingerprint density at radius 1 is 0.821 bits per heavy atom. The number of aromatic nitrogens is 5. The van der Waals surface area contributed by atoms with Gasteiger partial charge in [0.25, 0.3) is 0 Å². The highest BCUT2D eigenvalue weighted by Crippen LogP contribution is 2.48. The summed E-state index contributed by atoms with van der Waals surface area (Å²) >= 11 is 0. The van der Waals surface area contributed by atoms with Crippen molar-refractivity contribution in [3.63, 3.8) is 0 Å². The molecule has 0 unspecified atom stereocenters. The summed E-state index contributed by atoms with van der Waals surface area (Å²) in [5, 5.41) is 10.6. The second kappa shape index (κ2) is 6.42. The Bertz CT molecular complexity index is 1130. The first kappa shape index (κ1) is 17.1. The van der Waals surface area contributed by atoms with Gasteiger partial charge in [0.15, 0.2) is 5.75 Å². The summed E-state index contributed by atoms with van der Waals surface area (Å²) in [6.07, 6.45) is 2.08. The molecule has 0 bridgehead atoms. The average Bonchev–Trinajstić information content (AvgIpc) is 2.79. The average molecular weight is 381 g/mol. The number of hydrogen-bond donors (Lipinski definition) is 3. The second-order valence-corrected chi connectivity index (χ2v) is 5.54. The summed E-state index contributed by atoms with van der Waals surface area (Å²) < 4.78 is 10.3. The number of carbonyl (C=O) groups excluding carboxylic acids is 2. The highest BCUT2D eigenvalue weighted by molar-refractivity contribution is 5.97. The van der Waals surface area contributed by atoms with Crippen molar-refractivity contribution in [2.24, 2.45) is 0 Å². The van der Waals surface area contributed by atoms with Crippen LogP contribution in [0.2, 0.25) is 0 Å². The number of anilines is 2. The molecule has 5 N–H and O–H groups in total. The molecule has 140 valence electrons. The van der Waals surface area contributed by atoms with E-state index in [1.54, 1.807) is 0 Å². The Labute approximate surface area is 156 Å². The van der Waals surface area contributed by atoms with Gasteiger partial charge in [0.05, 0.1) is 11.4 Å². The minimum absolute atomic E-state index is 0.0165. The lowest BCUT2D eigenvalue weighted by Gasteiger charge is -2.14. The molecule has 12 heteroatoms. The third-order valence-corrected chi connectivity index (χ3v) is 3.64. The first-order chi connectivity index (χ1) is 13.4. The molecular weight excluding hydrogens is 370 g/mol. The standard InChI is InChI=1S/C16H11N7O5/c17-15-19-3-1-6(21-15)10-12(26)14-13(27-8(24)5-9(25)28-14)11(23-10)7-2-4-20-16(18)22-7/h1-4,26H,5H2,(H2,17,19,21)(H2,18,20,22). The van der Waals surface area contributed by atoms with Gasteiger partial charge in [-0.3, -0.25) is 9.59 Å². The molecule has 4 heterocycles. The smallest absolute Gasteiger partial charge is 0.322 e. The van der Waals surface area contributed by atoms with E-state index in [0.29, 0.717) is 0 Å². The lowest BCUT2D eigenvalue weighted by Crippen LogP contribution is -2.13. The van der Waals surface area contributed by atoms with E-state index in [0.717, 1.165) is 0 Å². The van der Waals surface area contributed by atoms with Gasteiger partial charge in [-0.05, 0) is 12.1 Å². The summed E-state index contributed by atoms with van der Waals surface area (Å²) in [6.45, 7) is 0. The van der Waals surface area contributed by atoms with E-state index in [-0.39, 0.29) is 40.4 Å². The number of nitrogens with two attached hydrogens (primary N) is 2. The number of ether oxygens (including phenoxy) is 2. The Kier molecular flexibility index (Phi) is 3.92. The zero-order valence-corrected chi connectivity index (χ0v) is 14.0. The predicted octanol–water partition coefficient (Wildman–Crippen LogP) is 0.0801. The van der Waals surface area contributed by atoms with Gasteiger partial charge in [0.1, 0.15) is 17.8 Å². The molecule has 1 aliphatic rings. The Morgan fingerprint density at radius 2 is 1.36 bits per heavy atom. The predicted molar refractivity (Wildman–Crippen MR) is 92.7 cm³/mol. The molecule has 3 aromatic rings. The number of esters is 2. The van der Waals surface area contributed by atoms with E-state index in [9.17, 15) is 14.7 Å². The number of carbonyl (C=O) groups is 2. The van der Waals surface area contributed by atoms with Gasteiger partial charge in [0.2, 0.25) is 23.4 Å². The van der Waals surface area contributed by atoms with E-state index in [4.69, 9.17) is 20.9 Å². The molecule has 0 atom stereocenters. The van der Waals surface area contributed by atoms with E-state index in [1.165, 1.54) is 24.5 Å². The van der Waals surface area contributed by atoms with E-state index >= 15 is 0 Å². The van der Waals surface area contributed by atoms with Gasteiger partial charge < -0.3 is 26.0 Å². The molecule has 0 amide bonds. The van der Waals surface area contributed by atoms with Crippen LogP contribution in [0.25, 0.3) is 22.8 Å². The van der Waals surface area contributed by atoms with Gasteiger partial charge in [-0.1, -0.05) is 0 Å². The van der Waals surface area contributed by atoms with Gasteiger partial charge in [0, 0.05) is 12.4 Å². The molecule has 0 saturated carbocycles. The van der Waals surface area contributed by atoms with E-state index < -0.39 is 29.9 Å². The largest absolute Gasteiger partial charge is 0.503 e. The Hall–Kier alpha value is -4.35. The van der Waals surface area contributed by atoms with Crippen LogP contribution < -0.4 is 20.9 Å². The first-order valence-corrected chi connectivity index (χ1v) is 7.78. The first-order valence-electron chi connectivity index (χ1n) is 7.78. The van der Waals surface area contributed by atoms with Crippen LogP contribution in [-0.2, 0) is 9.59 Å². The van der Waals surface area contributed by atoms with Crippen LogP contribution in [-0.4, -0.2) is 42.0 Å². The van der Waals surface area contributed by atoms with E-state index in [1.807, 2.05) is 0 Å². The van der Waals surface area contributed by atoms with Crippen LogP contribution in [0.4, 0.5) is 11.9 Å². The zero-order chi connectivity index (χ0) is 19.8. The highest BCUT2D eigenvalue weighted by atomic mass is 16.6. The summed E-state index contributed by atoms with van der Waals surface area (Å²) in [5.74, 6) is -3.17. The third-order valence-electron chi connectivity index (χ3n) is 3.64. The van der Waals surface area contributed by atoms with Crippen molar-refractivity contribution in [3.8, 4) is 40.0 Å². The van der Waals surface area contributed by atoms with Gasteiger partial charge in [-0.2, -0.15) is 0 Å². The Balaban J connectivity index is 2.04. The quantitative estimate of drug-likeness (QED) is 0.401. The third kappa shape index (κ3) is 2.98. The highest BCUT2D eigenvalue weighted by Gasteiger charge is 2.32. The molecule has 0 fully saturated rings. The fourth-order valence-electron chi connectivity index (χ4n) is 2.51. The monoisotopic (exact) mass is 381 g/mol. The number of rotatable bonds is 2. The SMILES string of the molecule is Nc1nccc(-c2nc(-c3ccnc(N)n3)c3c(c2O)OC(=O)CC(=O)O3)n1. The number of pyridine rings is 1. The number of fused-ring (bicyclic) bond motifs is 1. The lowest BCUT2D eigenvalue weighted by atomic mass is 10.1. The number of aromatic hydroxyl groups is 1. The van der Waals surface area contributed by atoms with Crippen LogP contribution in [0.5, 0.6) is 17.2 Å². The zero-order valence-electron chi connectivity index (χ0n) is 14.0. The molecule has 3 aromatic heterocycles. The number of nitrogen functional groups attached to an aromatic ring is 2. The van der Waals surface area contributed by atoms with Crippen molar-refractivity contribution >= 4 is 23.8 Å². The van der Waals surface area contributed by atoms with Crippen molar-refractivity contribution in [1.29, 1.82) is 0 Å². The minimum atomic E-state index is -0.911. The normalized spacial score (nSPS) is 13.3. The van der Waals surface area contributed by atoms with Crippen molar-refractivity contribution in [2.75, 3.05) is 11.5 Å². The molecule has 28 heavy (non-hydrogen) atoms. The molecule has 1 aliphatic heterocycles. The molecule has 0 aliphatic carbocycles. The number of nitrogens with zero attached hydrogens (tertiary/aromatic N) is 5. The van der Waals surface area contributed by atoms with Crippen LogP contribution >= 0.6 is 0 Å². The summed E-state index contributed by atoms with van der Waals surface area (Å²) in [7, 11) is 0. The van der Waals surface area contributed by atoms with Crippen LogP contribution in [0.3, 0.4) is 0 Å². The summed E-state index contributed by atoms with van der Waals surface area (Å²) in [5.41, 5.74) is 11.4. The van der Waals surface area contributed by atoms with Crippen molar-refractivity contribution in [3.05, 3.63) is 24.5 Å². The molecule has 0 spiro atoms. The fourth-order valence-corrected chi connectivity index (χ4v) is 2.51. The maximum Gasteiger partial charge on any atom is 0.322 e. The Morgan fingerprint density at radius 3 is 1.93 bits per heavy atom. The summed E-state index contributed by atoms with van der Waals surface area (Å²) in [6, 6.07) is 2.89. The van der Waals surface area contributed by atoms with Gasteiger partial charge in [-0.15, -0.1) is 0 Å². The fraction of sp³-hybridized carbons (Fsp3) is 0.0625. The lowest BCUT2D eigenvalue weighted by molar-refractivity contribution is -0.142. The van der Waals surface area contributed by atoms with Crippen molar-refractivity contribution in [2.45, 2.75) is 6.42 Å². The van der Waals surface area contributed by atoms with Crippen LogP contribution in [0, 0.1) is 0 Å². The molecule has 4 rings (SSSR count). The molecule has 0 radical (unpaired) electrons. The molecule has 0 saturated heterocycles. The van der Waals surface area contributed by atoms with Crippen molar-refractivity contribution < 1.29 is 24.2 Å². The maximum absolute atomic E-state index is 11.9. The van der Waals surface area contributed by atoms with Crippen LogP contribution in [0.1, 0.15) is 6.42 Å². The minimum Gasteiger partial charge on any atom is -0.503 e. The van der Waals surface area contributed by atoms with Gasteiger partial charge >= 0.3 is 11.9 Å². The van der Waals surface area contributed by atoms with Crippen molar-refractivity contribution in [1.82, 2.24) is 24.9 Å². The summed E-state index contributed by atoms with van der Waals surface area (Å²) in [4.78, 5) is 43.7. The van der Waals surface area contributed by atoms with Crippen LogP contribution in [0.15, 0.2) is 24.5 Å². The maximum atomic E-state index is 11.9. The molecule has 0 aromatic carbocycles. The molecular formula is C16H11N7O5. The van der Waals surface area contributed by atoms with E-state index in [2.05, 4.69) is 24.9 Å². The topological polar surface area (TPSA) is 189 Å². The molecule has 12 nitrogen and oxygen atoms in total.